The number of rotatable bonds is 4. The first-order valence-corrected chi connectivity index (χ1v) is 7.27. The predicted octanol–water partition coefficient (Wildman–Crippen LogP) is 3.74. The highest BCUT2D eigenvalue weighted by atomic mass is 79.9. The van der Waals surface area contributed by atoms with Crippen molar-refractivity contribution in [1.82, 2.24) is 0 Å². The molecule has 21 heavy (non-hydrogen) atoms. The van der Waals surface area contributed by atoms with E-state index < -0.39 is 0 Å². The summed E-state index contributed by atoms with van der Waals surface area (Å²) in [4.78, 5) is 0. The highest BCUT2D eigenvalue weighted by Crippen LogP contribution is 2.26. The number of hydrogen-bond acceptors (Lipinski definition) is 3. The van der Waals surface area contributed by atoms with Gasteiger partial charge in [0, 0.05) is 10.0 Å². The lowest BCUT2D eigenvalue weighted by Gasteiger charge is -2.14. The fourth-order valence-electron chi connectivity index (χ4n) is 2.12. The highest BCUT2D eigenvalue weighted by Gasteiger charge is 2.09. The molecule has 0 heterocycles. The van der Waals surface area contributed by atoms with Gasteiger partial charge in [-0.2, -0.15) is 0 Å². The summed E-state index contributed by atoms with van der Waals surface area (Å²) in [6.07, 6.45) is 0. The maximum Gasteiger partial charge on any atom is 0.170 e. The molecule has 0 aromatic heterocycles. The van der Waals surface area contributed by atoms with Crippen molar-refractivity contribution >= 4 is 21.8 Å². The third-order valence-corrected chi connectivity index (χ3v) is 3.69. The highest BCUT2D eigenvalue weighted by molar-refractivity contribution is 9.10. The Morgan fingerprint density at radius 2 is 1.76 bits per heavy atom. The predicted molar refractivity (Wildman–Crippen MR) is 86.9 cm³/mol. The number of halogens is 1. The van der Waals surface area contributed by atoms with E-state index in [0.717, 1.165) is 26.9 Å². The van der Waals surface area contributed by atoms with Crippen LogP contribution in [0.25, 0.3) is 0 Å². The van der Waals surface area contributed by atoms with E-state index in [0.29, 0.717) is 12.2 Å². The normalized spacial score (nSPS) is 11.5. The Bertz CT molecular complexity index is 643. The molecule has 0 aliphatic rings. The zero-order chi connectivity index (χ0) is 15.4. The first-order chi connectivity index (χ1) is 10.0. The number of benzene rings is 2. The van der Waals surface area contributed by atoms with Gasteiger partial charge in [-0.15, -0.1) is 0 Å². The number of nitrogens with zero attached hydrogens (tertiary/aromatic N) is 1. The molecule has 110 valence electrons. The second kappa shape index (κ2) is 6.63. The van der Waals surface area contributed by atoms with Gasteiger partial charge >= 0.3 is 0 Å². The molecule has 0 unspecified atom stereocenters. The standard InChI is InChI=1S/C16H17BrN2O2/c1-10-7-13(16(18)19-20)8-11(2)15(10)21-9-12-3-5-14(17)6-4-12/h3-8,20H,9H2,1-2H3,(H2,18,19). The number of amidine groups is 1. The quantitative estimate of drug-likeness (QED) is 0.382. The molecule has 0 saturated heterocycles. The minimum Gasteiger partial charge on any atom is -0.488 e. The van der Waals surface area contributed by atoms with Crippen LogP contribution in [0.3, 0.4) is 0 Å². The lowest BCUT2D eigenvalue weighted by atomic mass is 10.1. The Morgan fingerprint density at radius 3 is 2.29 bits per heavy atom. The average molecular weight is 349 g/mol. The molecule has 5 heteroatoms. The smallest absolute Gasteiger partial charge is 0.170 e. The molecule has 0 aliphatic carbocycles. The summed E-state index contributed by atoms with van der Waals surface area (Å²) in [7, 11) is 0. The molecule has 2 rings (SSSR count). The summed E-state index contributed by atoms with van der Waals surface area (Å²) < 4.78 is 6.95. The first kappa shape index (κ1) is 15.4. The Balaban J connectivity index is 2.19. The van der Waals surface area contributed by atoms with E-state index in [2.05, 4.69) is 21.1 Å². The number of hydrogen-bond donors (Lipinski definition) is 2. The minimum absolute atomic E-state index is 0.0978. The molecule has 0 atom stereocenters. The van der Waals surface area contributed by atoms with Crippen LogP contribution in [0, 0.1) is 13.8 Å². The van der Waals surface area contributed by atoms with Gasteiger partial charge in [-0.3, -0.25) is 0 Å². The Labute approximate surface area is 132 Å². The van der Waals surface area contributed by atoms with Crippen molar-refractivity contribution in [2.24, 2.45) is 10.9 Å². The Kier molecular flexibility index (Phi) is 4.85. The van der Waals surface area contributed by atoms with E-state index in [4.69, 9.17) is 15.7 Å². The molecule has 0 saturated carbocycles. The first-order valence-electron chi connectivity index (χ1n) is 6.47. The summed E-state index contributed by atoms with van der Waals surface area (Å²) in [5.74, 6) is 0.924. The van der Waals surface area contributed by atoms with Crippen LogP contribution < -0.4 is 10.5 Å². The fourth-order valence-corrected chi connectivity index (χ4v) is 2.38. The van der Waals surface area contributed by atoms with Gasteiger partial charge in [0.2, 0.25) is 0 Å². The summed E-state index contributed by atoms with van der Waals surface area (Å²) in [6.45, 7) is 4.38. The summed E-state index contributed by atoms with van der Waals surface area (Å²) in [6, 6.07) is 11.7. The number of ether oxygens (including phenoxy) is 1. The van der Waals surface area contributed by atoms with Gasteiger partial charge in [-0.05, 0) is 54.8 Å². The van der Waals surface area contributed by atoms with Crippen LogP contribution in [0.5, 0.6) is 5.75 Å². The van der Waals surface area contributed by atoms with Crippen molar-refractivity contribution in [2.45, 2.75) is 20.5 Å². The van der Waals surface area contributed by atoms with Crippen molar-refractivity contribution < 1.29 is 9.94 Å². The van der Waals surface area contributed by atoms with E-state index in [1.165, 1.54) is 0 Å². The molecule has 3 N–H and O–H groups in total. The van der Waals surface area contributed by atoms with Crippen molar-refractivity contribution in [2.75, 3.05) is 0 Å². The topological polar surface area (TPSA) is 67.8 Å². The van der Waals surface area contributed by atoms with Crippen LogP contribution in [0.2, 0.25) is 0 Å². The zero-order valence-corrected chi connectivity index (χ0v) is 13.5. The van der Waals surface area contributed by atoms with Crippen LogP contribution in [-0.4, -0.2) is 11.0 Å². The van der Waals surface area contributed by atoms with E-state index in [-0.39, 0.29) is 5.84 Å². The zero-order valence-electron chi connectivity index (χ0n) is 11.9. The third-order valence-electron chi connectivity index (χ3n) is 3.16. The van der Waals surface area contributed by atoms with Gasteiger partial charge in [-0.25, -0.2) is 0 Å². The van der Waals surface area contributed by atoms with E-state index in [9.17, 15) is 0 Å². The maximum atomic E-state index is 8.74. The molecule has 0 fully saturated rings. The Morgan fingerprint density at radius 1 is 1.19 bits per heavy atom. The summed E-state index contributed by atoms with van der Waals surface area (Å²) >= 11 is 3.41. The van der Waals surface area contributed by atoms with E-state index >= 15 is 0 Å². The maximum absolute atomic E-state index is 8.74. The van der Waals surface area contributed by atoms with Crippen molar-refractivity contribution in [3.63, 3.8) is 0 Å². The van der Waals surface area contributed by atoms with E-state index in [1.54, 1.807) is 0 Å². The van der Waals surface area contributed by atoms with Crippen molar-refractivity contribution in [3.05, 3.63) is 63.1 Å². The van der Waals surface area contributed by atoms with Gasteiger partial charge in [-0.1, -0.05) is 33.2 Å². The van der Waals surface area contributed by atoms with Gasteiger partial charge in [0.15, 0.2) is 5.84 Å². The SMILES string of the molecule is Cc1cc(C(N)=NO)cc(C)c1OCc1ccc(Br)cc1. The van der Waals surface area contributed by atoms with Gasteiger partial charge < -0.3 is 15.7 Å². The molecule has 2 aromatic rings. The van der Waals surface area contributed by atoms with Crippen molar-refractivity contribution in [1.29, 1.82) is 0 Å². The van der Waals surface area contributed by atoms with E-state index in [1.807, 2.05) is 50.2 Å². The number of oxime groups is 1. The lowest BCUT2D eigenvalue weighted by Crippen LogP contribution is -2.14. The molecule has 0 aliphatic heterocycles. The largest absolute Gasteiger partial charge is 0.488 e. The molecular weight excluding hydrogens is 332 g/mol. The van der Waals surface area contributed by atoms with Crippen LogP contribution >= 0.6 is 15.9 Å². The summed E-state index contributed by atoms with van der Waals surface area (Å²) in [5, 5.41) is 11.8. The molecule has 0 bridgehead atoms. The third kappa shape index (κ3) is 3.76. The number of nitrogens with two attached hydrogens (primary N) is 1. The molecule has 4 nitrogen and oxygen atoms in total. The van der Waals surface area contributed by atoms with Crippen LogP contribution in [0.15, 0.2) is 46.0 Å². The molecule has 0 spiro atoms. The number of aryl methyl sites for hydroxylation is 2. The monoisotopic (exact) mass is 348 g/mol. The minimum atomic E-state index is 0.0978. The van der Waals surface area contributed by atoms with Gasteiger partial charge in [0.05, 0.1) is 0 Å². The second-order valence-electron chi connectivity index (χ2n) is 4.84. The van der Waals surface area contributed by atoms with Crippen LogP contribution in [0.1, 0.15) is 22.3 Å². The average Bonchev–Trinajstić information content (AvgIpc) is 2.47. The van der Waals surface area contributed by atoms with Gasteiger partial charge in [0.1, 0.15) is 12.4 Å². The fraction of sp³-hybridized carbons (Fsp3) is 0.188. The second-order valence-corrected chi connectivity index (χ2v) is 5.76. The molecular formula is C16H17BrN2O2. The molecule has 2 aromatic carbocycles. The Hall–Kier alpha value is -2.01. The van der Waals surface area contributed by atoms with Crippen LogP contribution in [-0.2, 0) is 6.61 Å². The summed E-state index contributed by atoms with van der Waals surface area (Å²) in [5.41, 5.74) is 9.30. The molecule has 0 amide bonds. The van der Waals surface area contributed by atoms with Crippen LogP contribution in [0.4, 0.5) is 0 Å². The van der Waals surface area contributed by atoms with Crippen molar-refractivity contribution in [3.8, 4) is 5.75 Å². The lowest BCUT2D eigenvalue weighted by molar-refractivity contribution is 0.302. The molecule has 0 radical (unpaired) electrons. The van der Waals surface area contributed by atoms with Gasteiger partial charge in [0.25, 0.3) is 0 Å².